The van der Waals surface area contributed by atoms with Gasteiger partial charge in [-0.15, -0.1) is 0 Å². The highest BCUT2D eigenvalue weighted by Crippen LogP contribution is 2.31. The molecule has 4 N–H and O–H groups in total. The number of aromatic amines is 1. The quantitative estimate of drug-likeness (QED) is 0.414. The van der Waals surface area contributed by atoms with E-state index in [9.17, 15) is 23.2 Å². The van der Waals surface area contributed by atoms with Crippen LogP contribution in [0, 0.1) is 0 Å². The number of halogens is 1. The summed E-state index contributed by atoms with van der Waals surface area (Å²) in [5, 5.41) is 9.99. The Kier molecular flexibility index (Phi) is 4.49. The highest BCUT2D eigenvalue weighted by atomic mass is 35.5. The fourth-order valence-electron chi connectivity index (χ4n) is 3.27. The van der Waals surface area contributed by atoms with Gasteiger partial charge in [-0.25, -0.2) is 13.2 Å². The van der Waals surface area contributed by atoms with Crippen molar-refractivity contribution < 1.29 is 13.6 Å². The van der Waals surface area contributed by atoms with Crippen LogP contribution in [-0.4, -0.2) is 34.5 Å². The molecule has 0 saturated heterocycles. The molecule has 29 heavy (non-hydrogen) atoms. The van der Waals surface area contributed by atoms with Crippen molar-refractivity contribution in [3.63, 3.8) is 0 Å². The second-order valence-corrected chi connectivity index (χ2v) is 8.69. The summed E-state index contributed by atoms with van der Waals surface area (Å²) in [6.07, 6.45) is 1.81. The Labute approximate surface area is 168 Å². The first-order valence-corrected chi connectivity index (χ1v) is 10.3. The lowest BCUT2D eigenvalue weighted by Gasteiger charge is -2.10. The number of nitrogens with one attached hydrogen (secondary N) is 1. The molecule has 4 aromatic rings. The number of H-pyrrole nitrogens is 1. The number of hydrogen-bond donors (Lipinski definition) is 3. The zero-order valence-electron chi connectivity index (χ0n) is 14.8. The van der Waals surface area contributed by atoms with Crippen LogP contribution in [0.5, 0.6) is 0 Å². The van der Waals surface area contributed by atoms with E-state index in [-0.39, 0.29) is 30.4 Å². The van der Waals surface area contributed by atoms with Gasteiger partial charge in [-0.05, 0) is 35.7 Å². The summed E-state index contributed by atoms with van der Waals surface area (Å²) in [6.45, 7) is 0.900. The molecule has 2 aromatic carbocycles. The fourth-order valence-corrected chi connectivity index (χ4v) is 4.94. The predicted molar refractivity (Wildman–Crippen MR) is 107 cm³/mol. The average molecular weight is 435 g/mol. The molecule has 150 valence electrons. The minimum absolute atomic E-state index is 0.0281. The third-order valence-electron chi connectivity index (χ3n) is 4.66. The third kappa shape index (κ3) is 2.92. The van der Waals surface area contributed by atoms with Crippen LogP contribution in [0.25, 0.3) is 21.8 Å². The van der Waals surface area contributed by atoms with Crippen LogP contribution >= 0.6 is 11.6 Å². The Morgan fingerprint density at radius 1 is 1.14 bits per heavy atom. The fraction of sp³-hybridized carbons (Fsp3) is 0.111. The van der Waals surface area contributed by atoms with Crippen LogP contribution in [0.15, 0.2) is 62.0 Å². The van der Waals surface area contributed by atoms with Crippen LogP contribution in [0.3, 0.4) is 0 Å². The predicted octanol–water partition coefficient (Wildman–Crippen LogP) is 1.33. The molecule has 0 aliphatic carbocycles. The standard InChI is InChI=1S/C18H15ClN4O5S/c19-12-3-4-14(16-15(12)17(24)23(26)18(25)21-16)29(27,28)11-2-1-10-5-7-22(8-6-20)13(10)9-11/h1-5,7,9,26H,6,8,20H2,(H,21,25). The summed E-state index contributed by atoms with van der Waals surface area (Å²) in [6, 6.07) is 8.89. The largest absolute Gasteiger partial charge is 0.421 e. The average Bonchev–Trinajstić information content (AvgIpc) is 3.08. The summed E-state index contributed by atoms with van der Waals surface area (Å²) in [7, 11) is -4.13. The first kappa shape index (κ1) is 19.2. The van der Waals surface area contributed by atoms with Crippen molar-refractivity contribution in [3.8, 4) is 0 Å². The Morgan fingerprint density at radius 2 is 1.90 bits per heavy atom. The monoisotopic (exact) mass is 434 g/mol. The van der Waals surface area contributed by atoms with Crippen molar-refractivity contribution >= 4 is 43.2 Å². The molecule has 0 amide bonds. The van der Waals surface area contributed by atoms with Crippen molar-refractivity contribution in [2.45, 2.75) is 16.3 Å². The highest BCUT2D eigenvalue weighted by molar-refractivity contribution is 7.91. The van der Waals surface area contributed by atoms with E-state index in [0.29, 0.717) is 18.6 Å². The van der Waals surface area contributed by atoms with Crippen LogP contribution < -0.4 is 17.0 Å². The molecule has 0 saturated carbocycles. The number of aromatic nitrogens is 3. The smallest absolute Gasteiger partial charge is 0.362 e. The number of sulfone groups is 1. The van der Waals surface area contributed by atoms with E-state index in [1.54, 1.807) is 6.07 Å². The first-order chi connectivity index (χ1) is 13.8. The molecular weight excluding hydrogens is 420 g/mol. The minimum atomic E-state index is -4.13. The van der Waals surface area contributed by atoms with E-state index in [2.05, 4.69) is 4.98 Å². The van der Waals surface area contributed by atoms with Gasteiger partial charge in [0.25, 0.3) is 5.56 Å². The van der Waals surface area contributed by atoms with Gasteiger partial charge < -0.3 is 20.5 Å². The van der Waals surface area contributed by atoms with Gasteiger partial charge in [0.2, 0.25) is 9.84 Å². The maximum atomic E-state index is 13.3. The van der Waals surface area contributed by atoms with Crippen LogP contribution in [-0.2, 0) is 16.4 Å². The molecule has 0 spiro atoms. The molecule has 2 heterocycles. The molecule has 0 unspecified atom stereocenters. The summed E-state index contributed by atoms with van der Waals surface area (Å²) < 4.78 is 28.3. The zero-order valence-corrected chi connectivity index (χ0v) is 16.4. The van der Waals surface area contributed by atoms with E-state index < -0.39 is 21.1 Å². The summed E-state index contributed by atoms with van der Waals surface area (Å²) in [5.74, 6) is 0. The molecule has 2 aromatic heterocycles. The maximum Gasteiger partial charge on any atom is 0.362 e. The van der Waals surface area contributed by atoms with Crippen molar-refractivity contribution in [1.82, 2.24) is 14.3 Å². The second-order valence-electron chi connectivity index (χ2n) is 6.36. The van der Waals surface area contributed by atoms with Gasteiger partial charge in [0.1, 0.15) is 0 Å². The molecule has 9 nitrogen and oxygen atoms in total. The summed E-state index contributed by atoms with van der Waals surface area (Å²) >= 11 is 6.02. The topological polar surface area (TPSA) is 140 Å². The van der Waals surface area contributed by atoms with E-state index in [1.807, 2.05) is 16.8 Å². The maximum absolute atomic E-state index is 13.3. The Balaban J connectivity index is 2.02. The highest BCUT2D eigenvalue weighted by Gasteiger charge is 2.25. The van der Waals surface area contributed by atoms with Crippen molar-refractivity contribution in [2.75, 3.05) is 6.54 Å². The molecular formula is C18H15ClN4O5S. The Bertz CT molecular complexity index is 1500. The molecule has 0 radical (unpaired) electrons. The normalized spacial score (nSPS) is 12.1. The molecule has 0 atom stereocenters. The van der Waals surface area contributed by atoms with Crippen LogP contribution in [0.4, 0.5) is 0 Å². The van der Waals surface area contributed by atoms with Gasteiger partial charge in [-0.2, -0.15) is 0 Å². The number of hydrogen-bond acceptors (Lipinski definition) is 6. The molecule has 0 fully saturated rings. The first-order valence-electron chi connectivity index (χ1n) is 8.46. The molecule has 4 rings (SSSR count). The molecule has 0 aliphatic rings. The number of nitrogens with two attached hydrogens (primary N) is 1. The minimum Gasteiger partial charge on any atom is -0.421 e. The van der Waals surface area contributed by atoms with E-state index in [1.165, 1.54) is 24.3 Å². The lowest BCUT2D eigenvalue weighted by Crippen LogP contribution is -2.33. The lowest BCUT2D eigenvalue weighted by atomic mass is 10.2. The Morgan fingerprint density at radius 3 is 2.62 bits per heavy atom. The SMILES string of the molecule is NCCn1ccc2ccc(S(=O)(=O)c3ccc(Cl)c4c(=O)n(O)c(=O)[nH]c34)cc21. The summed E-state index contributed by atoms with van der Waals surface area (Å²) in [4.78, 5) is 26.0. The molecule has 11 heteroatoms. The second kappa shape index (κ2) is 6.76. The van der Waals surface area contributed by atoms with Gasteiger partial charge in [0.05, 0.1) is 25.7 Å². The van der Waals surface area contributed by atoms with E-state index in [4.69, 9.17) is 17.3 Å². The van der Waals surface area contributed by atoms with Crippen molar-refractivity contribution in [3.05, 3.63) is 68.5 Å². The van der Waals surface area contributed by atoms with Crippen molar-refractivity contribution in [2.24, 2.45) is 5.73 Å². The molecule has 0 bridgehead atoms. The lowest BCUT2D eigenvalue weighted by molar-refractivity contribution is 0.162. The van der Waals surface area contributed by atoms with E-state index in [0.717, 1.165) is 5.39 Å². The summed E-state index contributed by atoms with van der Waals surface area (Å²) in [5.41, 5.74) is 3.73. The van der Waals surface area contributed by atoms with Crippen LogP contribution in [0.2, 0.25) is 5.02 Å². The zero-order chi connectivity index (χ0) is 20.9. The Hall–Kier alpha value is -3.08. The van der Waals surface area contributed by atoms with Gasteiger partial charge in [-0.1, -0.05) is 22.4 Å². The van der Waals surface area contributed by atoms with Gasteiger partial charge in [0, 0.05) is 24.8 Å². The third-order valence-corrected chi connectivity index (χ3v) is 6.77. The number of nitrogens with zero attached hydrogens (tertiary/aromatic N) is 2. The van der Waals surface area contributed by atoms with Crippen LogP contribution in [0.1, 0.15) is 0 Å². The number of rotatable bonds is 4. The molecule has 0 aliphatic heterocycles. The van der Waals surface area contributed by atoms with Crippen molar-refractivity contribution in [1.29, 1.82) is 0 Å². The number of fused-ring (bicyclic) bond motifs is 2. The van der Waals surface area contributed by atoms with Gasteiger partial charge >= 0.3 is 5.69 Å². The van der Waals surface area contributed by atoms with E-state index >= 15 is 0 Å². The van der Waals surface area contributed by atoms with Gasteiger partial charge in [0.15, 0.2) is 0 Å². The van der Waals surface area contributed by atoms with Gasteiger partial charge in [-0.3, -0.25) is 4.79 Å². The number of benzene rings is 2.